The third kappa shape index (κ3) is 5.07. The molecule has 0 aromatic carbocycles. The Morgan fingerprint density at radius 1 is 1.00 bits per heavy atom. The number of hydrogen-bond acceptors (Lipinski definition) is 2. The molecule has 2 rings (SSSR count). The van der Waals surface area contributed by atoms with Gasteiger partial charge in [-0.15, -0.1) is 0 Å². The predicted octanol–water partition coefficient (Wildman–Crippen LogP) is 3.83. The highest BCUT2D eigenvalue weighted by atomic mass is 16.3. The maximum absolute atomic E-state index is 10.3. The first-order chi connectivity index (χ1) is 9.29. The summed E-state index contributed by atoms with van der Waals surface area (Å²) in [5.41, 5.74) is 0. The zero-order valence-electron chi connectivity index (χ0n) is 12.8. The lowest BCUT2D eigenvalue weighted by atomic mass is 9.77. The van der Waals surface area contributed by atoms with Crippen LogP contribution in [0.2, 0.25) is 0 Å². The minimum absolute atomic E-state index is 0.0291. The molecule has 0 radical (unpaired) electrons. The van der Waals surface area contributed by atoms with Crippen LogP contribution in [0.1, 0.15) is 71.1 Å². The molecule has 1 heterocycles. The highest BCUT2D eigenvalue weighted by Gasteiger charge is 2.30. The molecule has 3 atom stereocenters. The molecule has 1 aliphatic heterocycles. The van der Waals surface area contributed by atoms with Crippen LogP contribution in [-0.2, 0) is 0 Å². The number of aliphatic hydroxyl groups excluding tert-OH is 1. The van der Waals surface area contributed by atoms with Crippen molar-refractivity contribution in [2.24, 2.45) is 11.8 Å². The van der Waals surface area contributed by atoms with Gasteiger partial charge in [-0.1, -0.05) is 39.0 Å². The zero-order chi connectivity index (χ0) is 13.5. The monoisotopic (exact) mass is 267 g/mol. The van der Waals surface area contributed by atoms with Crippen LogP contribution in [0.5, 0.6) is 0 Å². The van der Waals surface area contributed by atoms with Crippen molar-refractivity contribution in [3.63, 3.8) is 0 Å². The zero-order valence-corrected chi connectivity index (χ0v) is 12.8. The Labute approximate surface area is 119 Å². The fourth-order valence-corrected chi connectivity index (χ4v) is 4.04. The van der Waals surface area contributed by atoms with E-state index < -0.39 is 0 Å². The number of hydrogen-bond donors (Lipinski definition) is 1. The first-order valence-electron chi connectivity index (χ1n) is 8.70. The Hall–Kier alpha value is -0.0800. The second-order valence-corrected chi connectivity index (χ2v) is 6.86. The fraction of sp³-hybridized carbons (Fsp3) is 1.00. The largest absolute Gasteiger partial charge is 0.393 e. The van der Waals surface area contributed by atoms with E-state index in [4.69, 9.17) is 0 Å². The first kappa shape index (κ1) is 15.3. The van der Waals surface area contributed by atoms with Gasteiger partial charge in [0.05, 0.1) is 6.10 Å². The lowest BCUT2D eigenvalue weighted by Gasteiger charge is -2.37. The van der Waals surface area contributed by atoms with E-state index in [0.717, 1.165) is 18.9 Å². The predicted molar refractivity (Wildman–Crippen MR) is 81.3 cm³/mol. The van der Waals surface area contributed by atoms with Crippen molar-refractivity contribution in [3.05, 3.63) is 0 Å². The molecule has 2 nitrogen and oxygen atoms in total. The Balaban J connectivity index is 1.80. The first-order valence-corrected chi connectivity index (χ1v) is 8.70. The van der Waals surface area contributed by atoms with E-state index >= 15 is 0 Å². The molecule has 3 unspecified atom stereocenters. The quantitative estimate of drug-likeness (QED) is 0.837. The van der Waals surface area contributed by atoms with Gasteiger partial charge in [-0.05, 0) is 57.0 Å². The third-order valence-electron chi connectivity index (χ3n) is 5.19. The Kier molecular flexibility index (Phi) is 6.66. The number of rotatable bonds is 4. The van der Waals surface area contributed by atoms with E-state index in [1.165, 1.54) is 70.9 Å². The van der Waals surface area contributed by atoms with E-state index in [9.17, 15) is 5.11 Å². The molecule has 0 aromatic rings. The topological polar surface area (TPSA) is 23.5 Å². The summed E-state index contributed by atoms with van der Waals surface area (Å²) in [6.45, 7) is 5.98. The number of likely N-dealkylation sites (tertiary alicyclic amines) is 1. The summed E-state index contributed by atoms with van der Waals surface area (Å²) < 4.78 is 0. The fourth-order valence-electron chi connectivity index (χ4n) is 4.04. The summed E-state index contributed by atoms with van der Waals surface area (Å²) >= 11 is 0. The van der Waals surface area contributed by atoms with Crippen LogP contribution in [0, 0.1) is 11.8 Å². The summed E-state index contributed by atoms with van der Waals surface area (Å²) in [6, 6.07) is 0. The average molecular weight is 267 g/mol. The molecule has 1 saturated heterocycles. The van der Waals surface area contributed by atoms with Crippen LogP contribution < -0.4 is 0 Å². The summed E-state index contributed by atoms with van der Waals surface area (Å²) in [4.78, 5) is 2.64. The molecule has 112 valence electrons. The number of nitrogens with zero attached hydrogens (tertiary/aromatic N) is 1. The van der Waals surface area contributed by atoms with Crippen molar-refractivity contribution in [1.82, 2.24) is 4.90 Å². The lowest BCUT2D eigenvalue weighted by Crippen LogP contribution is -2.40. The van der Waals surface area contributed by atoms with Gasteiger partial charge in [-0.25, -0.2) is 0 Å². The van der Waals surface area contributed by atoms with Gasteiger partial charge in [-0.2, -0.15) is 0 Å². The van der Waals surface area contributed by atoms with Gasteiger partial charge in [0, 0.05) is 6.54 Å². The highest BCUT2D eigenvalue weighted by Crippen LogP contribution is 2.33. The molecular formula is C17H33NO. The SMILES string of the molecule is CCCC1CCC(O)C(CN2CCCCCCC2)C1. The van der Waals surface area contributed by atoms with Crippen molar-refractivity contribution < 1.29 is 5.11 Å². The van der Waals surface area contributed by atoms with Crippen LogP contribution in [-0.4, -0.2) is 35.7 Å². The Morgan fingerprint density at radius 2 is 1.68 bits per heavy atom. The molecule has 1 saturated carbocycles. The molecule has 2 aliphatic rings. The minimum Gasteiger partial charge on any atom is -0.393 e. The second-order valence-electron chi connectivity index (χ2n) is 6.86. The maximum atomic E-state index is 10.3. The normalized spacial score (nSPS) is 34.7. The Bertz CT molecular complexity index is 235. The van der Waals surface area contributed by atoms with Gasteiger partial charge in [0.25, 0.3) is 0 Å². The second kappa shape index (κ2) is 8.26. The molecule has 0 amide bonds. The van der Waals surface area contributed by atoms with Crippen LogP contribution in [0.25, 0.3) is 0 Å². The summed E-state index contributed by atoms with van der Waals surface area (Å²) in [5.74, 6) is 1.43. The average Bonchev–Trinajstić information content (AvgIpc) is 2.36. The molecule has 2 fully saturated rings. The van der Waals surface area contributed by atoms with Crippen LogP contribution in [0.15, 0.2) is 0 Å². The van der Waals surface area contributed by atoms with E-state index in [0.29, 0.717) is 5.92 Å². The van der Waals surface area contributed by atoms with E-state index in [1.54, 1.807) is 0 Å². The summed E-state index contributed by atoms with van der Waals surface area (Å²) in [6.07, 6.45) is 13.2. The van der Waals surface area contributed by atoms with Gasteiger partial charge in [0.1, 0.15) is 0 Å². The van der Waals surface area contributed by atoms with Crippen LogP contribution >= 0.6 is 0 Å². The molecular weight excluding hydrogens is 234 g/mol. The van der Waals surface area contributed by atoms with E-state index in [1.807, 2.05) is 0 Å². The molecule has 0 spiro atoms. The van der Waals surface area contributed by atoms with Crippen LogP contribution in [0.3, 0.4) is 0 Å². The van der Waals surface area contributed by atoms with E-state index in [2.05, 4.69) is 11.8 Å². The van der Waals surface area contributed by atoms with Crippen molar-refractivity contribution in [2.45, 2.75) is 77.2 Å². The molecule has 0 bridgehead atoms. The standard InChI is InChI=1S/C17H33NO/c1-2-8-15-9-10-17(19)16(13-15)14-18-11-6-4-3-5-7-12-18/h15-17,19H,2-14H2,1H3. The van der Waals surface area contributed by atoms with Crippen molar-refractivity contribution >= 4 is 0 Å². The van der Waals surface area contributed by atoms with Gasteiger partial charge in [0.2, 0.25) is 0 Å². The Morgan fingerprint density at radius 3 is 2.37 bits per heavy atom. The van der Waals surface area contributed by atoms with Gasteiger partial charge >= 0.3 is 0 Å². The summed E-state index contributed by atoms with van der Waals surface area (Å²) in [7, 11) is 0. The summed E-state index contributed by atoms with van der Waals surface area (Å²) in [5, 5.41) is 10.3. The lowest BCUT2D eigenvalue weighted by molar-refractivity contribution is 0.0244. The van der Waals surface area contributed by atoms with E-state index in [-0.39, 0.29) is 6.10 Å². The third-order valence-corrected chi connectivity index (χ3v) is 5.19. The molecule has 1 aliphatic carbocycles. The number of aliphatic hydroxyl groups is 1. The van der Waals surface area contributed by atoms with Gasteiger partial charge in [0.15, 0.2) is 0 Å². The molecule has 0 aromatic heterocycles. The van der Waals surface area contributed by atoms with Crippen molar-refractivity contribution in [2.75, 3.05) is 19.6 Å². The molecule has 1 N–H and O–H groups in total. The molecule has 19 heavy (non-hydrogen) atoms. The maximum Gasteiger partial charge on any atom is 0.0580 e. The minimum atomic E-state index is -0.0291. The van der Waals surface area contributed by atoms with Crippen molar-refractivity contribution in [1.29, 1.82) is 0 Å². The van der Waals surface area contributed by atoms with Gasteiger partial charge in [-0.3, -0.25) is 0 Å². The smallest absolute Gasteiger partial charge is 0.0580 e. The molecule has 2 heteroatoms. The van der Waals surface area contributed by atoms with Crippen molar-refractivity contribution in [3.8, 4) is 0 Å². The van der Waals surface area contributed by atoms with Gasteiger partial charge < -0.3 is 10.0 Å². The highest BCUT2D eigenvalue weighted by molar-refractivity contribution is 4.82. The van der Waals surface area contributed by atoms with Crippen LogP contribution in [0.4, 0.5) is 0 Å².